The van der Waals surface area contributed by atoms with Gasteiger partial charge < -0.3 is 0 Å². The summed E-state index contributed by atoms with van der Waals surface area (Å²) in [6, 6.07) is 62.5. The Balaban J connectivity index is 1.04. The molecule has 8 aromatic rings. The summed E-state index contributed by atoms with van der Waals surface area (Å²) < 4.78 is 0. The van der Waals surface area contributed by atoms with Gasteiger partial charge >= 0.3 is 0 Å². The monoisotopic (exact) mass is 669 g/mol. The minimum Gasteiger partial charge on any atom is -0.208 e. The summed E-state index contributed by atoms with van der Waals surface area (Å²) in [5.41, 5.74) is 13.0. The van der Waals surface area contributed by atoms with Crippen molar-refractivity contribution in [2.45, 2.75) is 13.1 Å². The van der Waals surface area contributed by atoms with Gasteiger partial charge in [-0.15, -0.1) is 0 Å². The van der Waals surface area contributed by atoms with Crippen LogP contribution in [0.15, 0.2) is 176 Å². The van der Waals surface area contributed by atoms with Gasteiger partial charge in [-0.2, -0.15) is 0 Å². The van der Waals surface area contributed by atoms with E-state index in [1.165, 1.54) is 44.1 Å². The van der Waals surface area contributed by atoms with Crippen molar-refractivity contribution in [3.8, 4) is 78.7 Å². The average molecular weight is 670 g/mol. The molecular weight excluding hydrogens is 635 g/mol. The van der Waals surface area contributed by atoms with Gasteiger partial charge in [-0.25, -0.2) is 15.0 Å². The summed E-state index contributed by atoms with van der Waals surface area (Å²) in [6.07, 6.45) is 0. The fourth-order valence-corrected chi connectivity index (χ4v) is 11.0. The van der Waals surface area contributed by atoms with E-state index >= 15 is 0 Å². The quantitative estimate of drug-likeness (QED) is 0.165. The first-order valence-corrected chi connectivity index (χ1v) is 20.4. The highest BCUT2D eigenvalue weighted by Crippen LogP contribution is 2.35. The molecule has 0 saturated carbocycles. The van der Waals surface area contributed by atoms with Gasteiger partial charge in [0.25, 0.3) is 0 Å². The van der Waals surface area contributed by atoms with E-state index in [1.54, 1.807) is 5.19 Å². The number of aromatic nitrogens is 3. The van der Waals surface area contributed by atoms with Crippen LogP contribution in [0.25, 0.3) is 78.7 Å². The molecule has 0 fully saturated rings. The molecule has 1 aliphatic rings. The van der Waals surface area contributed by atoms with Crippen LogP contribution in [-0.2, 0) is 0 Å². The molecule has 0 saturated heterocycles. The third-order valence-electron chi connectivity index (χ3n) is 10.1. The van der Waals surface area contributed by atoms with Gasteiger partial charge in [-0.1, -0.05) is 177 Å². The van der Waals surface area contributed by atoms with Crippen LogP contribution < -0.4 is 10.4 Å². The normalized spacial score (nSPS) is 12.7. The van der Waals surface area contributed by atoms with E-state index in [0.29, 0.717) is 17.5 Å². The lowest BCUT2D eigenvalue weighted by molar-refractivity contribution is 1.07. The van der Waals surface area contributed by atoms with Crippen LogP contribution in [0, 0.1) is 0 Å². The smallest absolute Gasteiger partial charge is 0.164 e. The Kier molecular flexibility index (Phi) is 7.60. The van der Waals surface area contributed by atoms with Gasteiger partial charge in [-0.3, -0.25) is 0 Å². The molecule has 0 radical (unpaired) electrons. The van der Waals surface area contributed by atoms with Gasteiger partial charge in [-0.05, 0) is 67.0 Å². The van der Waals surface area contributed by atoms with Crippen molar-refractivity contribution >= 4 is 18.4 Å². The Labute approximate surface area is 300 Å². The summed E-state index contributed by atoms with van der Waals surface area (Å²) >= 11 is 0. The van der Waals surface area contributed by atoms with E-state index in [4.69, 9.17) is 15.0 Å². The molecule has 1 aromatic heterocycles. The van der Waals surface area contributed by atoms with Crippen molar-refractivity contribution in [1.29, 1.82) is 0 Å². The molecule has 9 rings (SSSR count). The molecule has 1 aliphatic heterocycles. The van der Waals surface area contributed by atoms with Gasteiger partial charge in [0.05, 0.1) is 0 Å². The molecule has 242 valence electrons. The molecule has 0 aliphatic carbocycles. The predicted octanol–water partition coefficient (Wildman–Crippen LogP) is 10.7. The Hall–Kier alpha value is -6.23. The maximum Gasteiger partial charge on any atom is 0.164 e. The minimum absolute atomic E-state index is 0.654. The number of fused-ring (bicyclic) bond motifs is 3. The maximum atomic E-state index is 4.91. The van der Waals surface area contributed by atoms with Crippen LogP contribution in [0.2, 0.25) is 13.1 Å². The van der Waals surface area contributed by atoms with Crippen molar-refractivity contribution in [1.82, 2.24) is 15.0 Å². The SMILES string of the molecule is C[Si]1(C)c2ccccc2-c2cccc(-c3cccc(-c4cccc(-c5ccc(-c6nc(-c7ccccc7)nc(-c7ccccc7)n6)cc5)c4)c3)c21. The Bertz CT molecular complexity index is 2480. The van der Waals surface area contributed by atoms with Crippen molar-refractivity contribution in [3.05, 3.63) is 176 Å². The summed E-state index contributed by atoms with van der Waals surface area (Å²) in [5.74, 6) is 1.98. The van der Waals surface area contributed by atoms with E-state index in [2.05, 4.69) is 128 Å². The van der Waals surface area contributed by atoms with Crippen LogP contribution in [0.3, 0.4) is 0 Å². The van der Waals surface area contributed by atoms with E-state index in [-0.39, 0.29) is 0 Å². The topological polar surface area (TPSA) is 38.7 Å². The average Bonchev–Trinajstić information content (AvgIpc) is 3.44. The second-order valence-electron chi connectivity index (χ2n) is 13.7. The van der Waals surface area contributed by atoms with Gasteiger partial charge in [0, 0.05) is 16.7 Å². The molecule has 51 heavy (non-hydrogen) atoms. The molecule has 0 N–H and O–H groups in total. The lowest BCUT2D eigenvalue weighted by Gasteiger charge is -2.22. The molecule has 0 unspecified atom stereocenters. The van der Waals surface area contributed by atoms with Crippen LogP contribution >= 0.6 is 0 Å². The molecule has 7 aromatic carbocycles. The zero-order valence-corrected chi connectivity index (χ0v) is 29.6. The highest BCUT2D eigenvalue weighted by molar-refractivity contribution is 7.04. The molecule has 4 heteroatoms. The van der Waals surface area contributed by atoms with Crippen molar-refractivity contribution < 1.29 is 0 Å². The molecule has 0 spiro atoms. The van der Waals surface area contributed by atoms with Gasteiger partial charge in [0.2, 0.25) is 0 Å². The van der Waals surface area contributed by atoms with Gasteiger partial charge in [0.1, 0.15) is 8.07 Å². The Morgan fingerprint density at radius 2 is 0.706 bits per heavy atom. The Morgan fingerprint density at radius 3 is 1.31 bits per heavy atom. The first-order valence-electron chi connectivity index (χ1n) is 17.4. The lowest BCUT2D eigenvalue weighted by Crippen LogP contribution is -2.50. The fraction of sp³-hybridized carbons (Fsp3) is 0.0426. The Morgan fingerprint density at radius 1 is 0.314 bits per heavy atom. The predicted molar refractivity (Wildman–Crippen MR) is 215 cm³/mol. The molecule has 0 atom stereocenters. The molecule has 0 amide bonds. The first-order chi connectivity index (χ1) is 25.0. The van der Waals surface area contributed by atoms with Crippen LogP contribution in [0.4, 0.5) is 0 Å². The number of hydrogen-bond donors (Lipinski definition) is 0. The molecule has 2 heterocycles. The molecule has 0 bridgehead atoms. The van der Waals surface area contributed by atoms with Gasteiger partial charge in [0.15, 0.2) is 17.5 Å². The zero-order chi connectivity index (χ0) is 34.4. The van der Waals surface area contributed by atoms with Crippen molar-refractivity contribution in [2.24, 2.45) is 0 Å². The first kappa shape index (κ1) is 30.8. The van der Waals surface area contributed by atoms with E-state index < -0.39 is 8.07 Å². The molecule has 3 nitrogen and oxygen atoms in total. The van der Waals surface area contributed by atoms with Crippen molar-refractivity contribution in [3.63, 3.8) is 0 Å². The standard InChI is InChI=1S/C47H35N3Si/c1-51(2)43-25-10-9-22-41(43)42-24-13-23-40(44(42)51)39-21-12-20-38(31-39)37-19-11-18-36(30-37)32-26-28-35(29-27-32)47-49-45(33-14-5-3-6-15-33)48-46(50-47)34-16-7-4-8-17-34/h3-31H,1-2H3. The van der Waals surface area contributed by atoms with E-state index in [0.717, 1.165) is 22.3 Å². The number of rotatable bonds is 6. The lowest BCUT2D eigenvalue weighted by atomic mass is 9.94. The third kappa shape index (κ3) is 5.60. The summed E-state index contributed by atoms with van der Waals surface area (Å²) in [4.78, 5) is 14.7. The van der Waals surface area contributed by atoms with Crippen molar-refractivity contribution in [2.75, 3.05) is 0 Å². The minimum atomic E-state index is -1.84. The highest BCUT2D eigenvalue weighted by atomic mass is 28.3. The second-order valence-corrected chi connectivity index (χ2v) is 18.0. The summed E-state index contributed by atoms with van der Waals surface area (Å²) in [7, 11) is -1.84. The molecular formula is C47H35N3Si. The van der Waals surface area contributed by atoms with Crippen LogP contribution in [-0.4, -0.2) is 23.0 Å². The largest absolute Gasteiger partial charge is 0.208 e. The zero-order valence-electron chi connectivity index (χ0n) is 28.6. The van der Waals surface area contributed by atoms with E-state index in [1.807, 2.05) is 60.7 Å². The van der Waals surface area contributed by atoms with Crippen LogP contribution in [0.5, 0.6) is 0 Å². The third-order valence-corrected chi connectivity index (χ3v) is 13.7. The maximum absolute atomic E-state index is 4.91. The number of benzene rings is 7. The summed E-state index contributed by atoms with van der Waals surface area (Å²) in [5, 5.41) is 3.08. The van der Waals surface area contributed by atoms with E-state index in [9.17, 15) is 0 Å². The second kappa shape index (κ2) is 12.6. The number of nitrogens with zero attached hydrogens (tertiary/aromatic N) is 3. The fourth-order valence-electron chi connectivity index (χ4n) is 7.58. The number of hydrogen-bond acceptors (Lipinski definition) is 3. The van der Waals surface area contributed by atoms with Crippen LogP contribution in [0.1, 0.15) is 0 Å². The summed E-state index contributed by atoms with van der Waals surface area (Å²) in [6.45, 7) is 4.98. The highest BCUT2D eigenvalue weighted by Gasteiger charge is 2.39.